The van der Waals surface area contributed by atoms with Gasteiger partial charge in [0.2, 0.25) is 5.16 Å². The van der Waals surface area contributed by atoms with E-state index in [1.54, 1.807) is 23.1 Å². The van der Waals surface area contributed by atoms with E-state index in [2.05, 4.69) is 27.0 Å². The summed E-state index contributed by atoms with van der Waals surface area (Å²) in [6, 6.07) is 4.12. The number of unbranched alkanes of at least 4 members (excludes halogenated alkanes) is 2. The van der Waals surface area contributed by atoms with Gasteiger partial charge in [-0.15, -0.1) is 16.4 Å². The van der Waals surface area contributed by atoms with Crippen molar-refractivity contribution in [2.75, 3.05) is 12.4 Å². The summed E-state index contributed by atoms with van der Waals surface area (Å²) in [5.41, 5.74) is 0. The molecular weight excluding hydrogens is 268 g/mol. The maximum atomic E-state index is 8.70. The van der Waals surface area contributed by atoms with Crippen molar-refractivity contribution in [2.24, 2.45) is 0 Å². The van der Waals surface area contributed by atoms with E-state index in [0.717, 1.165) is 36.7 Å². The first-order valence-corrected chi connectivity index (χ1v) is 7.79. The fourth-order valence-corrected chi connectivity index (χ4v) is 3.06. The van der Waals surface area contributed by atoms with E-state index < -0.39 is 0 Å². The number of hydrogen-bond donors (Lipinski definition) is 1. The van der Waals surface area contributed by atoms with Crippen LogP contribution in [0.1, 0.15) is 24.1 Å². The molecule has 0 aliphatic heterocycles. The molecule has 0 aliphatic rings. The number of tetrazole rings is 1. The second kappa shape index (κ2) is 7.50. The van der Waals surface area contributed by atoms with E-state index in [9.17, 15) is 0 Å². The predicted molar refractivity (Wildman–Crippen MR) is 72.9 cm³/mol. The molecule has 5 nitrogen and oxygen atoms in total. The SMILES string of the molecule is OCCCCCSc1nnnn1Cc1cccs1. The molecule has 0 atom stereocenters. The van der Waals surface area contributed by atoms with Gasteiger partial charge in [-0.2, -0.15) is 0 Å². The molecule has 0 aliphatic carbocycles. The quantitative estimate of drug-likeness (QED) is 0.593. The topological polar surface area (TPSA) is 63.8 Å². The minimum atomic E-state index is 0.279. The van der Waals surface area contributed by atoms with Crippen LogP contribution in [0.2, 0.25) is 0 Å². The van der Waals surface area contributed by atoms with E-state index in [1.165, 1.54) is 4.88 Å². The number of aliphatic hydroxyl groups excluding tert-OH is 1. The van der Waals surface area contributed by atoms with Crippen molar-refractivity contribution in [3.63, 3.8) is 0 Å². The van der Waals surface area contributed by atoms with Gasteiger partial charge in [-0.1, -0.05) is 24.2 Å². The molecule has 1 N–H and O–H groups in total. The summed E-state index contributed by atoms with van der Waals surface area (Å²) < 4.78 is 1.84. The van der Waals surface area contributed by atoms with Gasteiger partial charge in [0.25, 0.3) is 0 Å². The lowest BCUT2D eigenvalue weighted by atomic mass is 10.3. The van der Waals surface area contributed by atoms with Crippen molar-refractivity contribution in [1.82, 2.24) is 20.2 Å². The Morgan fingerprint density at radius 2 is 2.28 bits per heavy atom. The van der Waals surface area contributed by atoms with Crippen LogP contribution < -0.4 is 0 Å². The highest BCUT2D eigenvalue weighted by Gasteiger charge is 2.07. The molecule has 7 heteroatoms. The molecule has 2 aromatic rings. The highest BCUT2D eigenvalue weighted by molar-refractivity contribution is 7.99. The fraction of sp³-hybridized carbons (Fsp3) is 0.545. The van der Waals surface area contributed by atoms with Gasteiger partial charge in [-0.3, -0.25) is 0 Å². The third-order valence-corrected chi connectivity index (χ3v) is 4.32. The van der Waals surface area contributed by atoms with Crippen molar-refractivity contribution in [3.8, 4) is 0 Å². The molecule has 0 saturated carbocycles. The Kier molecular flexibility index (Phi) is 5.63. The molecule has 0 bridgehead atoms. The number of nitrogens with zero attached hydrogens (tertiary/aromatic N) is 4. The zero-order valence-electron chi connectivity index (χ0n) is 10.0. The summed E-state index contributed by atoms with van der Waals surface area (Å²) in [4.78, 5) is 1.25. The molecule has 0 radical (unpaired) electrons. The first-order valence-electron chi connectivity index (χ1n) is 5.92. The van der Waals surface area contributed by atoms with Gasteiger partial charge < -0.3 is 5.11 Å². The highest BCUT2D eigenvalue weighted by atomic mass is 32.2. The third kappa shape index (κ3) is 4.08. The van der Waals surface area contributed by atoms with Gasteiger partial charge in [0, 0.05) is 17.2 Å². The minimum absolute atomic E-state index is 0.279. The van der Waals surface area contributed by atoms with E-state index in [0.29, 0.717) is 0 Å². The average molecular weight is 284 g/mol. The number of hydrogen-bond acceptors (Lipinski definition) is 6. The number of rotatable bonds is 8. The summed E-state index contributed by atoms with van der Waals surface area (Å²) in [5.74, 6) is 0.991. The second-order valence-electron chi connectivity index (χ2n) is 3.83. The lowest BCUT2D eigenvalue weighted by Crippen LogP contribution is -2.02. The zero-order chi connectivity index (χ0) is 12.6. The van der Waals surface area contributed by atoms with E-state index in [1.807, 2.05) is 10.7 Å². The first-order chi connectivity index (χ1) is 8.90. The third-order valence-electron chi connectivity index (χ3n) is 2.42. The first kappa shape index (κ1) is 13.5. The van der Waals surface area contributed by atoms with Crippen LogP contribution in [0.25, 0.3) is 0 Å². The van der Waals surface area contributed by atoms with E-state index in [-0.39, 0.29) is 6.61 Å². The number of thiophene rings is 1. The monoisotopic (exact) mass is 284 g/mol. The molecule has 0 spiro atoms. The summed E-state index contributed by atoms with van der Waals surface area (Å²) in [7, 11) is 0. The van der Waals surface area contributed by atoms with E-state index in [4.69, 9.17) is 5.11 Å². The molecular formula is C11H16N4OS2. The summed E-state index contributed by atoms with van der Waals surface area (Å²) in [5, 5.41) is 23.4. The number of thioether (sulfide) groups is 1. The normalized spacial score (nSPS) is 10.9. The van der Waals surface area contributed by atoms with Crippen LogP contribution in [0.3, 0.4) is 0 Å². The van der Waals surface area contributed by atoms with Crippen molar-refractivity contribution in [1.29, 1.82) is 0 Å². The molecule has 0 aromatic carbocycles. The Bertz CT molecular complexity index is 444. The van der Waals surface area contributed by atoms with Crippen LogP contribution in [0.4, 0.5) is 0 Å². The summed E-state index contributed by atoms with van der Waals surface area (Å²) >= 11 is 3.39. The molecule has 2 heterocycles. The molecule has 18 heavy (non-hydrogen) atoms. The minimum Gasteiger partial charge on any atom is -0.396 e. The van der Waals surface area contributed by atoms with Crippen LogP contribution in [0.5, 0.6) is 0 Å². The zero-order valence-corrected chi connectivity index (χ0v) is 11.7. The van der Waals surface area contributed by atoms with Crippen LogP contribution in [-0.4, -0.2) is 37.7 Å². The number of aliphatic hydroxyl groups is 1. The van der Waals surface area contributed by atoms with Crippen molar-refractivity contribution in [2.45, 2.75) is 31.0 Å². The van der Waals surface area contributed by atoms with Crippen molar-refractivity contribution >= 4 is 23.1 Å². The molecule has 98 valence electrons. The van der Waals surface area contributed by atoms with Crippen LogP contribution in [0.15, 0.2) is 22.7 Å². The maximum absolute atomic E-state index is 8.70. The molecule has 2 rings (SSSR count). The van der Waals surface area contributed by atoms with Crippen LogP contribution in [-0.2, 0) is 6.54 Å². The van der Waals surface area contributed by atoms with Crippen LogP contribution >= 0.6 is 23.1 Å². The van der Waals surface area contributed by atoms with E-state index >= 15 is 0 Å². The summed E-state index contributed by atoms with van der Waals surface area (Å²) in [6.07, 6.45) is 3.01. The molecule has 0 fully saturated rings. The largest absolute Gasteiger partial charge is 0.396 e. The second-order valence-corrected chi connectivity index (χ2v) is 5.93. The Morgan fingerprint density at radius 3 is 3.06 bits per heavy atom. The van der Waals surface area contributed by atoms with Crippen molar-refractivity contribution in [3.05, 3.63) is 22.4 Å². The Morgan fingerprint density at radius 1 is 1.33 bits per heavy atom. The smallest absolute Gasteiger partial charge is 0.209 e. The van der Waals surface area contributed by atoms with Gasteiger partial charge in [-0.25, -0.2) is 4.68 Å². The summed E-state index contributed by atoms with van der Waals surface area (Å²) in [6.45, 7) is 1.02. The molecule has 0 saturated heterocycles. The average Bonchev–Trinajstić information content (AvgIpc) is 3.02. The lowest BCUT2D eigenvalue weighted by molar-refractivity contribution is 0.284. The highest BCUT2D eigenvalue weighted by Crippen LogP contribution is 2.18. The lowest BCUT2D eigenvalue weighted by Gasteiger charge is -2.02. The van der Waals surface area contributed by atoms with Gasteiger partial charge in [-0.05, 0) is 34.7 Å². The Balaban J connectivity index is 1.80. The van der Waals surface area contributed by atoms with Gasteiger partial charge >= 0.3 is 0 Å². The molecule has 0 unspecified atom stereocenters. The van der Waals surface area contributed by atoms with Gasteiger partial charge in [0.15, 0.2) is 0 Å². The Labute approximate surface area is 114 Å². The van der Waals surface area contributed by atoms with Gasteiger partial charge in [0.1, 0.15) is 0 Å². The maximum Gasteiger partial charge on any atom is 0.209 e. The fourth-order valence-electron chi connectivity index (χ4n) is 1.50. The Hall–Kier alpha value is -0.920. The molecule has 0 amide bonds. The van der Waals surface area contributed by atoms with Crippen LogP contribution in [0, 0.1) is 0 Å². The molecule has 2 aromatic heterocycles. The standard InChI is InChI=1S/C11H16N4OS2/c16-6-2-1-3-7-18-11-12-13-14-15(11)9-10-5-4-8-17-10/h4-5,8,16H,1-3,6-7,9H2. The number of aromatic nitrogens is 4. The van der Waals surface area contributed by atoms with Gasteiger partial charge in [0.05, 0.1) is 6.54 Å². The van der Waals surface area contributed by atoms with Crippen molar-refractivity contribution < 1.29 is 5.11 Å². The predicted octanol–water partition coefficient (Wildman–Crippen LogP) is 2.04.